The van der Waals surface area contributed by atoms with Crippen LogP contribution < -0.4 is 4.90 Å². The number of rotatable bonds is 4. The van der Waals surface area contributed by atoms with Gasteiger partial charge in [0.15, 0.2) is 5.82 Å². The summed E-state index contributed by atoms with van der Waals surface area (Å²) >= 11 is 0. The fourth-order valence-corrected chi connectivity index (χ4v) is 1.74. The number of nitriles is 1. The lowest BCUT2D eigenvalue weighted by Crippen LogP contribution is -2.22. The van der Waals surface area contributed by atoms with Crippen molar-refractivity contribution in [3.63, 3.8) is 0 Å². The Balaban J connectivity index is 2.04. The van der Waals surface area contributed by atoms with Gasteiger partial charge in [0, 0.05) is 13.6 Å². The Hall–Kier alpha value is -2.41. The Kier molecular flexibility index (Phi) is 3.87. The highest BCUT2D eigenvalue weighted by Crippen LogP contribution is 2.13. The van der Waals surface area contributed by atoms with Crippen LogP contribution in [0.3, 0.4) is 0 Å². The van der Waals surface area contributed by atoms with E-state index in [9.17, 15) is 0 Å². The van der Waals surface area contributed by atoms with Crippen LogP contribution in [0.25, 0.3) is 0 Å². The van der Waals surface area contributed by atoms with E-state index in [1.165, 1.54) is 11.8 Å². The van der Waals surface area contributed by atoms with E-state index in [1.807, 2.05) is 30.1 Å². The first-order chi connectivity index (χ1) is 8.81. The van der Waals surface area contributed by atoms with Gasteiger partial charge in [-0.15, -0.1) is 5.10 Å². The van der Waals surface area contributed by atoms with Crippen molar-refractivity contribution in [2.75, 3.05) is 18.5 Å². The van der Waals surface area contributed by atoms with Crippen LogP contribution in [0.15, 0.2) is 42.6 Å². The summed E-state index contributed by atoms with van der Waals surface area (Å²) in [6.07, 6.45) is 2.45. The van der Waals surface area contributed by atoms with Crippen molar-refractivity contribution in [1.82, 2.24) is 10.2 Å². The molecule has 2 rings (SSSR count). The molecule has 0 aliphatic heterocycles. The van der Waals surface area contributed by atoms with E-state index in [1.54, 1.807) is 6.07 Å². The molecular formula is C14H14N4. The highest BCUT2D eigenvalue weighted by molar-refractivity contribution is 5.51. The molecule has 1 aromatic heterocycles. The summed E-state index contributed by atoms with van der Waals surface area (Å²) in [7, 11) is 1.92. The van der Waals surface area contributed by atoms with Gasteiger partial charge < -0.3 is 4.90 Å². The molecule has 1 aromatic carbocycles. The number of nitrogens with zero attached hydrogens (tertiary/aromatic N) is 4. The molecule has 18 heavy (non-hydrogen) atoms. The third-order valence-corrected chi connectivity index (χ3v) is 2.76. The molecule has 0 amide bonds. The minimum atomic E-state index is 0.556. The lowest BCUT2D eigenvalue weighted by molar-refractivity contribution is 0.837. The Morgan fingerprint density at radius 1 is 1.22 bits per heavy atom. The second-order valence-corrected chi connectivity index (χ2v) is 4.04. The van der Waals surface area contributed by atoms with Crippen LogP contribution in [0.4, 0.5) is 5.82 Å². The molecule has 0 saturated carbocycles. The SMILES string of the molecule is CN(CCc1ccccc1)c1nnccc1C#N. The summed E-state index contributed by atoms with van der Waals surface area (Å²) in [5, 5.41) is 16.8. The number of aromatic nitrogens is 2. The van der Waals surface area contributed by atoms with Crippen LogP contribution in [-0.4, -0.2) is 23.8 Å². The fourth-order valence-electron chi connectivity index (χ4n) is 1.74. The lowest BCUT2D eigenvalue weighted by atomic mass is 10.1. The molecule has 0 radical (unpaired) electrons. The van der Waals surface area contributed by atoms with Crippen LogP contribution in [0.5, 0.6) is 0 Å². The van der Waals surface area contributed by atoms with E-state index in [2.05, 4.69) is 28.4 Å². The van der Waals surface area contributed by atoms with Crippen molar-refractivity contribution in [3.05, 3.63) is 53.7 Å². The molecular weight excluding hydrogens is 224 g/mol. The lowest BCUT2D eigenvalue weighted by Gasteiger charge is -2.18. The zero-order valence-corrected chi connectivity index (χ0v) is 10.2. The summed E-state index contributed by atoms with van der Waals surface area (Å²) in [5.74, 6) is 0.635. The average molecular weight is 238 g/mol. The summed E-state index contributed by atoms with van der Waals surface area (Å²) in [6.45, 7) is 0.803. The average Bonchev–Trinajstić information content (AvgIpc) is 2.45. The minimum Gasteiger partial charge on any atom is -0.357 e. The summed E-state index contributed by atoms with van der Waals surface area (Å²) in [5.41, 5.74) is 1.83. The molecule has 90 valence electrons. The number of benzene rings is 1. The van der Waals surface area contributed by atoms with E-state index in [4.69, 9.17) is 5.26 Å². The molecule has 0 N–H and O–H groups in total. The molecule has 2 aromatic rings. The number of likely N-dealkylation sites (N-methyl/N-ethyl adjacent to an activating group) is 1. The zero-order valence-electron chi connectivity index (χ0n) is 10.2. The van der Waals surface area contributed by atoms with E-state index < -0.39 is 0 Å². The zero-order chi connectivity index (χ0) is 12.8. The summed E-state index contributed by atoms with van der Waals surface area (Å²) in [6, 6.07) is 14.1. The predicted molar refractivity (Wildman–Crippen MR) is 70.2 cm³/mol. The number of anilines is 1. The second-order valence-electron chi connectivity index (χ2n) is 4.04. The van der Waals surface area contributed by atoms with E-state index in [0.29, 0.717) is 11.4 Å². The quantitative estimate of drug-likeness (QED) is 0.817. The van der Waals surface area contributed by atoms with Crippen LogP contribution in [0, 0.1) is 11.3 Å². The normalized spacial score (nSPS) is 9.78. The van der Waals surface area contributed by atoms with Gasteiger partial charge in [0.1, 0.15) is 6.07 Å². The van der Waals surface area contributed by atoms with Gasteiger partial charge in [0.2, 0.25) is 0 Å². The van der Waals surface area contributed by atoms with Crippen LogP contribution in [-0.2, 0) is 6.42 Å². The molecule has 0 saturated heterocycles. The maximum atomic E-state index is 9.01. The third-order valence-electron chi connectivity index (χ3n) is 2.76. The van der Waals surface area contributed by atoms with Crippen molar-refractivity contribution < 1.29 is 0 Å². The molecule has 0 aliphatic rings. The topological polar surface area (TPSA) is 52.8 Å². The summed E-state index contributed by atoms with van der Waals surface area (Å²) in [4.78, 5) is 1.96. The van der Waals surface area contributed by atoms with Gasteiger partial charge in [-0.2, -0.15) is 10.4 Å². The molecule has 0 atom stereocenters. The van der Waals surface area contributed by atoms with E-state index >= 15 is 0 Å². The first-order valence-corrected chi connectivity index (χ1v) is 5.78. The van der Waals surface area contributed by atoms with Gasteiger partial charge in [-0.3, -0.25) is 0 Å². The van der Waals surface area contributed by atoms with Crippen molar-refractivity contribution in [3.8, 4) is 6.07 Å². The second kappa shape index (κ2) is 5.78. The Bertz CT molecular complexity index is 545. The monoisotopic (exact) mass is 238 g/mol. The first kappa shape index (κ1) is 12.1. The molecule has 4 heteroatoms. The van der Waals surface area contributed by atoms with Gasteiger partial charge in [-0.05, 0) is 18.1 Å². The van der Waals surface area contributed by atoms with Crippen molar-refractivity contribution in [1.29, 1.82) is 5.26 Å². The molecule has 0 bridgehead atoms. The molecule has 0 spiro atoms. The van der Waals surface area contributed by atoms with E-state index in [-0.39, 0.29) is 0 Å². The van der Waals surface area contributed by atoms with Gasteiger partial charge in [0.25, 0.3) is 0 Å². The Morgan fingerprint density at radius 2 is 2.00 bits per heavy atom. The van der Waals surface area contributed by atoms with Gasteiger partial charge >= 0.3 is 0 Å². The largest absolute Gasteiger partial charge is 0.357 e. The Labute approximate surface area is 107 Å². The van der Waals surface area contributed by atoms with Gasteiger partial charge in [0.05, 0.1) is 11.8 Å². The smallest absolute Gasteiger partial charge is 0.168 e. The molecule has 1 heterocycles. The minimum absolute atomic E-state index is 0.556. The van der Waals surface area contributed by atoms with Crippen molar-refractivity contribution >= 4 is 5.82 Å². The standard InChI is InChI=1S/C14H14N4/c1-18(10-8-12-5-3-2-4-6-12)14-13(11-15)7-9-16-17-14/h2-7,9H,8,10H2,1H3. The molecule has 0 aliphatic carbocycles. The van der Waals surface area contributed by atoms with Crippen LogP contribution in [0.1, 0.15) is 11.1 Å². The van der Waals surface area contributed by atoms with E-state index in [0.717, 1.165) is 13.0 Å². The van der Waals surface area contributed by atoms with Gasteiger partial charge in [-0.1, -0.05) is 30.3 Å². The van der Waals surface area contributed by atoms with Gasteiger partial charge in [-0.25, -0.2) is 0 Å². The Morgan fingerprint density at radius 3 is 2.72 bits per heavy atom. The first-order valence-electron chi connectivity index (χ1n) is 5.78. The van der Waals surface area contributed by atoms with Crippen molar-refractivity contribution in [2.24, 2.45) is 0 Å². The summed E-state index contributed by atoms with van der Waals surface area (Å²) < 4.78 is 0. The molecule has 0 fully saturated rings. The van der Waals surface area contributed by atoms with Crippen LogP contribution in [0.2, 0.25) is 0 Å². The fraction of sp³-hybridized carbons (Fsp3) is 0.214. The van der Waals surface area contributed by atoms with Crippen LogP contribution >= 0.6 is 0 Å². The highest BCUT2D eigenvalue weighted by Gasteiger charge is 2.08. The molecule has 0 unspecified atom stereocenters. The number of hydrogen-bond acceptors (Lipinski definition) is 4. The molecule has 4 nitrogen and oxygen atoms in total. The maximum absolute atomic E-state index is 9.01. The predicted octanol–water partition coefficient (Wildman–Crippen LogP) is 2.03. The highest BCUT2D eigenvalue weighted by atomic mass is 15.2. The van der Waals surface area contributed by atoms with Crippen molar-refractivity contribution in [2.45, 2.75) is 6.42 Å². The third kappa shape index (κ3) is 2.83. The maximum Gasteiger partial charge on any atom is 0.168 e. The number of hydrogen-bond donors (Lipinski definition) is 0.